The number of hydrogen-bond donors (Lipinski definition) is 2. The van der Waals surface area contributed by atoms with Crippen molar-refractivity contribution < 1.29 is 9.90 Å². The molecule has 0 aliphatic carbocycles. The Kier molecular flexibility index (Phi) is 4.73. The molecule has 0 spiro atoms. The van der Waals surface area contributed by atoms with E-state index < -0.39 is 6.10 Å². The van der Waals surface area contributed by atoms with Crippen molar-refractivity contribution in [3.63, 3.8) is 0 Å². The molecule has 1 unspecified atom stereocenters. The standard InChI is InChI=1S/C13H17NO2/c1-10-4-3-5-12(8-10)6-7-13(16)14-9-11(2)15/h3-8,11,15H,9H2,1-2H3,(H,14,16)/b7-6+. The van der Waals surface area contributed by atoms with Crippen molar-refractivity contribution in [2.24, 2.45) is 0 Å². The van der Waals surface area contributed by atoms with E-state index in [-0.39, 0.29) is 12.5 Å². The van der Waals surface area contributed by atoms with Gasteiger partial charge < -0.3 is 10.4 Å². The molecule has 1 aromatic carbocycles. The molecule has 0 bridgehead atoms. The number of amides is 1. The van der Waals surface area contributed by atoms with E-state index in [2.05, 4.69) is 5.32 Å². The Morgan fingerprint density at radius 1 is 1.56 bits per heavy atom. The van der Waals surface area contributed by atoms with Crippen LogP contribution in [0.4, 0.5) is 0 Å². The van der Waals surface area contributed by atoms with Gasteiger partial charge >= 0.3 is 0 Å². The third-order valence-corrected chi connectivity index (χ3v) is 2.04. The Morgan fingerprint density at radius 3 is 2.94 bits per heavy atom. The van der Waals surface area contributed by atoms with Gasteiger partial charge in [0, 0.05) is 12.6 Å². The minimum atomic E-state index is -0.517. The number of carbonyl (C=O) groups excluding carboxylic acids is 1. The Morgan fingerprint density at radius 2 is 2.31 bits per heavy atom. The van der Waals surface area contributed by atoms with Crippen molar-refractivity contribution in [1.82, 2.24) is 5.32 Å². The lowest BCUT2D eigenvalue weighted by atomic mass is 10.1. The molecule has 0 aliphatic rings. The maximum atomic E-state index is 11.3. The van der Waals surface area contributed by atoms with E-state index >= 15 is 0 Å². The number of hydrogen-bond acceptors (Lipinski definition) is 2. The highest BCUT2D eigenvalue weighted by Gasteiger charge is 1.98. The van der Waals surface area contributed by atoms with Gasteiger partial charge in [-0.15, -0.1) is 0 Å². The van der Waals surface area contributed by atoms with Crippen LogP contribution < -0.4 is 5.32 Å². The lowest BCUT2D eigenvalue weighted by molar-refractivity contribution is -0.116. The number of carbonyl (C=O) groups is 1. The van der Waals surface area contributed by atoms with E-state index in [0.717, 1.165) is 11.1 Å². The summed E-state index contributed by atoms with van der Waals surface area (Å²) in [6.45, 7) is 3.91. The highest BCUT2D eigenvalue weighted by Crippen LogP contribution is 2.05. The maximum Gasteiger partial charge on any atom is 0.244 e. The fourth-order valence-corrected chi connectivity index (χ4v) is 1.25. The second-order valence-corrected chi connectivity index (χ2v) is 3.84. The fraction of sp³-hybridized carbons (Fsp3) is 0.308. The smallest absolute Gasteiger partial charge is 0.244 e. The summed E-state index contributed by atoms with van der Waals surface area (Å²) in [5.41, 5.74) is 2.15. The van der Waals surface area contributed by atoms with Gasteiger partial charge in [0.2, 0.25) is 5.91 Å². The van der Waals surface area contributed by atoms with Crippen LogP contribution in [0.2, 0.25) is 0 Å². The number of aryl methyl sites for hydroxylation is 1. The minimum absolute atomic E-state index is 0.192. The molecule has 2 N–H and O–H groups in total. The average molecular weight is 219 g/mol. The largest absolute Gasteiger partial charge is 0.392 e. The first kappa shape index (κ1) is 12.5. The van der Waals surface area contributed by atoms with Crippen LogP contribution in [0.25, 0.3) is 6.08 Å². The van der Waals surface area contributed by atoms with Gasteiger partial charge in [0.1, 0.15) is 0 Å². The number of benzene rings is 1. The van der Waals surface area contributed by atoms with Crippen LogP contribution in [0, 0.1) is 6.92 Å². The van der Waals surface area contributed by atoms with Gasteiger partial charge in [-0.2, -0.15) is 0 Å². The Balaban J connectivity index is 2.50. The molecule has 0 radical (unpaired) electrons. The number of nitrogens with one attached hydrogen (secondary N) is 1. The molecule has 1 aromatic rings. The molecular formula is C13H17NO2. The van der Waals surface area contributed by atoms with E-state index in [0.29, 0.717) is 0 Å². The van der Waals surface area contributed by atoms with E-state index in [1.807, 2.05) is 31.2 Å². The second kappa shape index (κ2) is 6.08. The summed E-state index contributed by atoms with van der Waals surface area (Å²) in [4.78, 5) is 11.3. The summed E-state index contributed by atoms with van der Waals surface area (Å²) in [5, 5.41) is 11.6. The Bertz CT molecular complexity index is 383. The van der Waals surface area contributed by atoms with E-state index in [1.54, 1.807) is 13.0 Å². The fourth-order valence-electron chi connectivity index (χ4n) is 1.25. The quantitative estimate of drug-likeness (QED) is 0.754. The summed E-state index contributed by atoms with van der Waals surface area (Å²) in [7, 11) is 0. The van der Waals surface area contributed by atoms with Crippen LogP contribution in [-0.4, -0.2) is 23.7 Å². The summed E-state index contributed by atoms with van der Waals surface area (Å²) < 4.78 is 0. The van der Waals surface area contributed by atoms with Gasteiger partial charge in [-0.3, -0.25) is 4.79 Å². The first-order valence-electron chi connectivity index (χ1n) is 5.28. The van der Waals surface area contributed by atoms with Crippen molar-refractivity contribution in [3.05, 3.63) is 41.5 Å². The van der Waals surface area contributed by atoms with Crippen molar-refractivity contribution in [2.75, 3.05) is 6.54 Å². The second-order valence-electron chi connectivity index (χ2n) is 3.84. The highest BCUT2D eigenvalue weighted by molar-refractivity contribution is 5.91. The van der Waals surface area contributed by atoms with Crippen LogP contribution in [0.5, 0.6) is 0 Å². The first-order chi connectivity index (χ1) is 7.58. The monoisotopic (exact) mass is 219 g/mol. The molecule has 16 heavy (non-hydrogen) atoms. The third-order valence-electron chi connectivity index (χ3n) is 2.04. The molecule has 0 heterocycles. The molecule has 0 saturated heterocycles. The average Bonchev–Trinajstić information content (AvgIpc) is 2.23. The van der Waals surface area contributed by atoms with Gasteiger partial charge in [-0.25, -0.2) is 0 Å². The summed E-state index contributed by atoms with van der Waals surface area (Å²) in [6, 6.07) is 7.89. The summed E-state index contributed by atoms with van der Waals surface area (Å²) >= 11 is 0. The molecular weight excluding hydrogens is 202 g/mol. The molecule has 3 nitrogen and oxygen atoms in total. The zero-order chi connectivity index (χ0) is 12.0. The molecule has 0 fully saturated rings. The SMILES string of the molecule is Cc1cccc(/C=C/C(=O)NCC(C)O)c1. The zero-order valence-corrected chi connectivity index (χ0v) is 9.60. The van der Waals surface area contributed by atoms with Crippen molar-refractivity contribution in [3.8, 4) is 0 Å². The maximum absolute atomic E-state index is 11.3. The first-order valence-corrected chi connectivity index (χ1v) is 5.28. The van der Waals surface area contributed by atoms with E-state index in [9.17, 15) is 4.79 Å². The van der Waals surface area contributed by atoms with Crippen LogP contribution in [-0.2, 0) is 4.79 Å². The van der Waals surface area contributed by atoms with Gasteiger partial charge in [-0.1, -0.05) is 29.8 Å². The van der Waals surface area contributed by atoms with Crippen LogP contribution in [0.1, 0.15) is 18.1 Å². The van der Waals surface area contributed by atoms with Crippen LogP contribution in [0.3, 0.4) is 0 Å². The number of rotatable bonds is 4. The zero-order valence-electron chi connectivity index (χ0n) is 9.60. The van der Waals surface area contributed by atoms with Crippen molar-refractivity contribution in [1.29, 1.82) is 0 Å². The molecule has 0 aromatic heterocycles. The number of aliphatic hydroxyl groups is 1. The van der Waals surface area contributed by atoms with Crippen molar-refractivity contribution >= 4 is 12.0 Å². The van der Waals surface area contributed by atoms with Crippen molar-refractivity contribution in [2.45, 2.75) is 20.0 Å². The minimum Gasteiger partial charge on any atom is -0.392 e. The number of aliphatic hydroxyl groups excluding tert-OH is 1. The van der Waals surface area contributed by atoms with Gasteiger partial charge in [0.05, 0.1) is 6.10 Å². The normalized spacial score (nSPS) is 12.7. The molecule has 0 aliphatic heterocycles. The Hall–Kier alpha value is -1.61. The molecule has 1 atom stereocenters. The van der Waals surface area contributed by atoms with Crippen LogP contribution >= 0.6 is 0 Å². The van der Waals surface area contributed by atoms with Gasteiger partial charge in [-0.05, 0) is 25.5 Å². The lowest BCUT2D eigenvalue weighted by Crippen LogP contribution is -2.28. The van der Waals surface area contributed by atoms with Gasteiger partial charge in [0.15, 0.2) is 0 Å². The van der Waals surface area contributed by atoms with E-state index in [1.165, 1.54) is 6.08 Å². The summed E-state index contributed by atoms with van der Waals surface area (Å²) in [6.07, 6.45) is 2.71. The lowest BCUT2D eigenvalue weighted by Gasteiger charge is -2.03. The van der Waals surface area contributed by atoms with Crippen LogP contribution in [0.15, 0.2) is 30.3 Å². The molecule has 1 rings (SSSR count). The third kappa shape index (κ3) is 4.75. The predicted molar refractivity (Wildman–Crippen MR) is 64.9 cm³/mol. The molecule has 86 valence electrons. The van der Waals surface area contributed by atoms with Gasteiger partial charge in [0.25, 0.3) is 0 Å². The van der Waals surface area contributed by atoms with E-state index in [4.69, 9.17) is 5.11 Å². The highest BCUT2D eigenvalue weighted by atomic mass is 16.3. The molecule has 0 saturated carbocycles. The molecule has 1 amide bonds. The summed E-state index contributed by atoms with van der Waals surface area (Å²) in [5.74, 6) is -0.192. The topological polar surface area (TPSA) is 49.3 Å². The molecule has 3 heteroatoms. The Labute approximate surface area is 95.8 Å². The predicted octanol–water partition coefficient (Wildman–Crippen LogP) is 1.51.